The summed E-state index contributed by atoms with van der Waals surface area (Å²) in [6.45, 7) is 1.99. The molecule has 0 aromatic heterocycles. The third-order valence-corrected chi connectivity index (χ3v) is 4.08. The number of carbonyl (C=O) groups is 1. The molecule has 2 rings (SSSR count). The number of hydrogen-bond acceptors (Lipinski definition) is 3. The number of nitrogens with one attached hydrogen (secondary N) is 1. The number of amides is 1. The van der Waals surface area contributed by atoms with Crippen molar-refractivity contribution in [2.45, 2.75) is 44.6 Å². The monoisotopic (exact) mass is 298 g/mol. The number of rotatable bonds is 4. The van der Waals surface area contributed by atoms with Crippen molar-refractivity contribution < 1.29 is 9.53 Å². The van der Waals surface area contributed by atoms with Crippen LogP contribution in [0.1, 0.15) is 43.2 Å². The molecule has 0 bridgehead atoms. The SMILES string of the molecule is COc1ccc(C)cc1/C=C/C(=O)NC1(C#N)CCCCC1. The summed E-state index contributed by atoms with van der Waals surface area (Å²) < 4.78 is 5.29. The van der Waals surface area contributed by atoms with Crippen LogP contribution in [-0.4, -0.2) is 18.6 Å². The molecule has 0 saturated heterocycles. The van der Waals surface area contributed by atoms with Gasteiger partial charge in [0.25, 0.3) is 0 Å². The summed E-state index contributed by atoms with van der Waals surface area (Å²) in [6, 6.07) is 8.09. The lowest BCUT2D eigenvalue weighted by atomic mass is 9.83. The lowest BCUT2D eigenvalue weighted by Crippen LogP contribution is -2.48. The maximum absolute atomic E-state index is 12.1. The summed E-state index contributed by atoms with van der Waals surface area (Å²) in [4.78, 5) is 12.1. The van der Waals surface area contributed by atoms with Gasteiger partial charge in [0, 0.05) is 11.6 Å². The summed E-state index contributed by atoms with van der Waals surface area (Å²) in [5.41, 5.74) is 1.25. The zero-order valence-electron chi connectivity index (χ0n) is 13.2. The second kappa shape index (κ2) is 7.13. The van der Waals surface area contributed by atoms with Gasteiger partial charge >= 0.3 is 0 Å². The molecule has 1 aromatic rings. The topological polar surface area (TPSA) is 62.1 Å². The Morgan fingerprint density at radius 3 is 2.73 bits per heavy atom. The van der Waals surface area contributed by atoms with E-state index in [0.29, 0.717) is 0 Å². The largest absolute Gasteiger partial charge is 0.496 e. The van der Waals surface area contributed by atoms with Gasteiger partial charge in [0.15, 0.2) is 0 Å². The minimum absolute atomic E-state index is 0.230. The van der Waals surface area contributed by atoms with Crippen LogP contribution in [0.3, 0.4) is 0 Å². The van der Waals surface area contributed by atoms with Crippen molar-refractivity contribution >= 4 is 12.0 Å². The van der Waals surface area contributed by atoms with E-state index in [-0.39, 0.29) is 5.91 Å². The fourth-order valence-electron chi connectivity index (χ4n) is 2.85. The average molecular weight is 298 g/mol. The van der Waals surface area contributed by atoms with Crippen molar-refractivity contribution in [3.8, 4) is 11.8 Å². The fourth-order valence-corrected chi connectivity index (χ4v) is 2.85. The number of nitrogens with zero attached hydrogens (tertiary/aromatic N) is 1. The van der Waals surface area contributed by atoms with Crippen molar-refractivity contribution in [2.75, 3.05) is 7.11 Å². The van der Waals surface area contributed by atoms with Gasteiger partial charge in [0.2, 0.25) is 5.91 Å². The zero-order chi connectivity index (χ0) is 16.0. The highest BCUT2D eigenvalue weighted by Crippen LogP contribution is 2.27. The Balaban J connectivity index is 2.08. The van der Waals surface area contributed by atoms with E-state index in [1.165, 1.54) is 6.08 Å². The van der Waals surface area contributed by atoms with Crippen LogP contribution < -0.4 is 10.1 Å². The first kappa shape index (κ1) is 16.1. The standard InChI is InChI=1S/C18H22N2O2/c1-14-6-8-16(22-2)15(12-14)7-9-17(21)20-18(13-19)10-4-3-5-11-18/h6-9,12H,3-5,10-11H2,1-2H3,(H,20,21)/b9-7+. The van der Waals surface area contributed by atoms with Gasteiger partial charge in [0.1, 0.15) is 11.3 Å². The molecule has 0 aliphatic heterocycles. The normalized spacial score (nSPS) is 17.0. The maximum atomic E-state index is 12.1. The van der Waals surface area contributed by atoms with Crippen molar-refractivity contribution in [1.82, 2.24) is 5.32 Å². The number of nitriles is 1. The summed E-state index contributed by atoms with van der Waals surface area (Å²) in [6.07, 6.45) is 7.79. The first-order valence-electron chi connectivity index (χ1n) is 7.65. The maximum Gasteiger partial charge on any atom is 0.245 e. The average Bonchev–Trinajstić information content (AvgIpc) is 2.54. The zero-order valence-corrected chi connectivity index (χ0v) is 13.2. The van der Waals surface area contributed by atoms with Crippen LogP contribution in [0.2, 0.25) is 0 Å². The number of benzene rings is 1. The van der Waals surface area contributed by atoms with E-state index >= 15 is 0 Å². The molecular formula is C18H22N2O2. The number of ether oxygens (including phenoxy) is 1. The molecule has 4 nitrogen and oxygen atoms in total. The van der Waals surface area contributed by atoms with Gasteiger partial charge in [-0.3, -0.25) is 4.79 Å². The minimum Gasteiger partial charge on any atom is -0.496 e. The summed E-state index contributed by atoms with van der Waals surface area (Å²) in [7, 11) is 1.61. The molecule has 1 fully saturated rings. The Morgan fingerprint density at radius 1 is 1.36 bits per heavy atom. The van der Waals surface area contributed by atoms with Crippen LogP contribution >= 0.6 is 0 Å². The number of methoxy groups -OCH3 is 1. The van der Waals surface area contributed by atoms with Gasteiger partial charge in [-0.05, 0) is 38.0 Å². The van der Waals surface area contributed by atoms with Crippen molar-refractivity contribution in [3.63, 3.8) is 0 Å². The minimum atomic E-state index is -0.698. The summed E-state index contributed by atoms with van der Waals surface area (Å²) >= 11 is 0. The molecule has 1 aliphatic carbocycles. The molecule has 116 valence electrons. The van der Waals surface area contributed by atoms with E-state index in [0.717, 1.165) is 49.0 Å². The van der Waals surface area contributed by atoms with Gasteiger partial charge in [-0.25, -0.2) is 0 Å². The van der Waals surface area contributed by atoms with Crippen LogP contribution in [-0.2, 0) is 4.79 Å². The highest BCUT2D eigenvalue weighted by Gasteiger charge is 2.32. The molecule has 1 aliphatic rings. The molecule has 1 aromatic carbocycles. The number of carbonyl (C=O) groups excluding carboxylic acids is 1. The molecule has 0 radical (unpaired) electrons. The Morgan fingerprint density at radius 2 is 2.09 bits per heavy atom. The van der Waals surface area contributed by atoms with Crippen LogP contribution in [0.25, 0.3) is 6.08 Å². The second-order valence-corrected chi connectivity index (χ2v) is 5.82. The van der Waals surface area contributed by atoms with E-state index in [2.05, 4.69) is 11.4 Å². The lowest BCUT2D eigenvalue weighted by Gasteiger charge is -2.31. The Labute approximate surface area is 131 Å². The fraction of sp³-hybridized carbons (Fsp3) is 0.444. The smallest absolute Gasteiger partial charge is 0.245 e. The molecule has 0 spiro atoms. The van der Waals surface area contributed by atoms with E-state index < -0.39 is 5.54 Å². The quantitative estimate of drug-likeness (QED) is 0.867. The lowest BCUT2D eigenvalue weighted by molar-refractivity contribution is -0.118. The Kier molecular flexibility index (Phi) is 5.21. The number of hydrogen-bond donors (Lipinski definition) is 1. The first-order valence-corrected chi connectivity index (χ1v) is 7.65. The van der Waals surface area contributed by atoms with Gasteiger partial charge in [-0.1, -0.05) is 30.9 Å². The van der Waals surface area contributed by atoms with Gasteiger partial charge in [-0.15, -0.1) is 0 Å². The Hall–Kier alpha value is -2.28. The van der Waals surface area contributed by atoms with E-state index in [4.69, 9.17) is 4.74 Å². The van der Waals surface area contributed by atoms with Crippen LogP contribution in [0.5, 0.6) is 5.75 Å². The molecule has 1 N–H and O–H groups in total. The van der Waals surface area contributed by atoms with Crippen LogP contribution in [0, 0.1) is 18.3 Å². The molecule has 0 atom stereocenters. The van der Waals surface area contributed by atoms with Crippen molar-refractivity contribution in [3.05, 3.63) is 35.4 Å². The molecule has 22 heavy (non-hydrogen) atoms. The van der Waals surface area contributed by atoms with Crippen molar-refractivity contribution in [2.24, 2.45) is 0 Å². The highest BCUT2D eigenvalue weighted by molar-refractivity contribution is 5.92. The van der Waals surface area contributed by atoms with E-state index in [9.17, 15) is 10.1 Å². The molecular weight excluding hydrogens is 276 g/mol. The Bertz CT molecular complexity index is 608. The molecule has 4 heteroatoms. The van der Waals surface area contributed by atoms with Gasteiger partial charge < -0.3 is 10.1 Å². The summed E-state index contributed by atoms with van der Waals surface area (Å²) in [5, 5.41) is 12.3. The second-order valence-electron chi connectivity index (χ2n) is 5.82. The van der Waals surface area contributed by atoms with Crippen LogP contribution in [0.15, 0.2) is 24.3 Å². The van der Waals surface area contributed by atoms with Crippen LogP contribution in [0.4, 0.5) is 0 Å². The van der Waals surface area contributed by atoms with E-state index in [1.54, 1.807) is 13.2 Å². The molecule has 1 saturated carbocycles. The number of aryl methyl sites for hydroxylation is 1. The predicted octanol–water partition coefficient (Wildman–Crippen LogP) is 3.36. The van der Waals surface area contributed by atoms with Crippen molar-refractivity contribution in [1.29, 1.82) is 5.26 Å². The highest BCUT2D eigenvalue weighted by atomic mass is 16.5. The molecule has 1 amide bonds. The first-order chi connectivity index (χ1) is 10.6. The summed E-state index contributed by atoms with van der Waals surface area (Å²) in [5.74, 6) is 0.495. The van der Waals surface area contributed by atoms with Gasteiger partial charge in [-0.2, -0.15) is 5.26 Å². The third kappa shape index (κ3) is 3.88. The van der Waals surface area contributed by atoms with E-state index in [1.807, 2.05) is 25.1 Å². The molecule has 0 heterocycles. The predicted molar refractivity (Wildman–Crippen MR) is 86.3 cm³/mol. The van der Waals surface area contributed by atoms with Gasteiger partial charge in [0.05, 0.1) is 13.2 Å². The third-order valence-electron chi connectivity index (χ3n) is 4.08. The molecule has 0 unspecified atom stereocenters.